The first kappa shape index (κ1) is 16.3. The van der Waals surface area contributed by atoms with E-state index < -0.39 is 14.1 Å². The minimum atomic E-state index is -1.43. The number of unbranched alkanes of at least 4 members (excludes halogenated alkanes) is 1. The fraction of sp³-hybridized carbons (Fsp3) is 0.538. The molecule has 0 N–H and O–H groups in total. The fourth-order valence-electron chi connectivity index (χ4n) is 2.63. The lowest BCUT2D eigenvalue weighted by atomic mass is 9.91. The Morgan fingerprint density at radius 1 is 1.11 bits per heavy atom. The van der Waals surface area contributed by atoms with Crippen molar-refractivity contribution < 1.29 is 0 Å². The first-order chi connectivity index (χ1) is 8.73. The molecule has 3 atom stereocenters. The highest BCUT2D eigenvalue weighted by Crippen LogP contribution is 2.74. The van der Waals surface area contributed by atoms with Gasteiger partial charge in [0.15, 0.2) is 4.33 Å². The highest BCUT2D eigenvalue weighted by atomic mass is 35.5. The summed E-state index contributed by atoms with van der Waals surface area (Å²) in [5.41, 5.74) is 0. The van der Waals surface area contributed by atoms with Gasteiger partial charge in [0.05, 0.1) is 10.1 Å². The smallest absolute Gasteiger partial charge is 0.110 e. The van der Waals surface area contributed by atoms with E-state index in [0.717, 1.165) is 12.8 Å². The second-order valence-corrected chi connectivity index (χ2v) is 8.14. The van der Waals surface area contributed by atoms with Gasteiger partial charge in [0, 0.05) is 5.92 Å². The third-order valence-corrected chi connectivity index (χ3v) is 8.03. The Kier molecular flexibility index (Phi) is 4.56. The van der Waals surface area contributed by atoms with Crippen LogP contribution in [-0.4, -0.2) is 14.1 Å². The summed E-state index contributed by atoms with van der Waals surface area (Å²) in [6, 6.07) is 0. The minimum absolute atomic E-state index is 0.151. The van der Waals surface area contributed by atoms with Crippen molar-refractivity contribution in [1.82, 2.24) is 0 Å². The molecule has 1 fully saturated rings. The molecule has 106 valence electrons. The third kappa shape index (κ3) is 2.02. The van der Waals surface area contributed by atoms with E-state index in [0.29, 0.717) is 6.42 Å². The molecule has 2 bridgehead atoms. The zero-order chi connectivity index (χ0) is 14.5. The molecule has 0 saturated heterocycles. The molecular weight excluding hydrogens is 369 g/mol. The monoisotopic (exact) mass is 378 g/mol. The molecule has 0 nitrogen and oxygen atoms in total. The summed E-state index contributed by atoms with van der Waals surface area (Å²) in [6.07, 6.45) is 8.05. The summed E-state index contributed by atoms with van der Waals surface area (Å²) >= 11 is 38.2. The van der Waals surface area contributed by atoms with Gasteiger partial charge in [-0.1, -0.05) is 64.6 Å². The standard InChI is InChI=1S/C13H12Cl6/c1-2-3-4-5-6-8-7-11(16)9(14)10(15)12(8,17)13(11,18)19/h2,5-6,8H,1,3-4,7H2/b6-5+/t8-,11+,12-/m1/s1. The van der Waals surface area contributed by atoms with Crippen LogP contribution in [0.5, 0.6) is 0 Å². The largest absolute Gasteiger partial charge is 0.166 e. The summed E-state index contributed by atoms with van der Waals surface area (Å²) in [5, 5.41) is 0.507. The Labute approximate surface area is 143 Å². The third-order valence-electron chi connectivity index (χ3n) is 3.73. The Bertz CT molecular complexity index is 466. The van der Waals surface area contributed by atoms with Gasteiger partial charge in [-0.3, -0.25) is 0 Å². The van der Waals surface area contributed by atoms with E-state index in [9.17, 15) is 0 Å². The van der Waals surface area contributed by atoms with Crippen molar-refractivity contribution in [3.63, 3.8) is 0 Å². The maximum Gasteiger partial charge on any atom is 0.166 e. The molecule has 0 unspecified atom stereocenters. The molecule has 0 aliphatic heterocycles. The van der Waals surface area contributed by atoms with E-state index in [4.69, 9.17) is 69.6 Å². The van der Waals surface area contributed by atoms with Gasteiger partial charge in [-0.15, -0.1) is 29.8 Å². The minimum Gasteiger partial charge on any atom is -0.110 e. The summed E-state index contributed by atoms with van der Waals surface area (Å²) in [6.45, 7) is 3.67. The molecule has 0 aromatic carbocycles. The average Bonchev–Trinajstić information content (AvgIpc) is 2.57. The second-order valence-electron chi connectivity index (χ2n) is 4.82. The van der Waals surface area contributed by atoms with Crippen molar-refractivity contribution in [1.29, 1.82) is 0 Å². The van der Waals surface area contributed by atoms with Gasteiger partial charge < -0.3 is 0 Å². The van der Waals surface area contributed by atoms with E-state index in [-0.39, 0.29) is 16.0 Å². The lowest BCUT2D eigenvalue weighted by Gasteiger charge is -2.32. The first-order valence-electron chi connectivity index (χ1n) is 5.83. The highest BCUT2D eigenvalue weighted by Gasteiger charge is 2.77. The van der Waals surface area contributed by atoms with Crippen molar-refractivity contribution in [2.24, 2.45) is 5.92 Å². The number of allylic oxidation sites excluding steroid dienone is 5. The molecule has 1 saturated carbocycles. The van der Waals surface area contributed by atoms with Crippen LogP contribution in [0, 0.1) is 5.92 Å². The lowest BCUT2D eigenvalue weighted by molar-refractivity contribution is 0.565. The van der Waals surface area contributed by atoms with Crippen molar-refractivity contribution >= 4 is 69.6 Å². The summed E-state index contributed by atoms with van der Waals surface area (Å²) in [5.74, 6) is -0.151. The van der Waals surface area contributed by atoms with Crippen LogP contribution in [-0.2, 0) is 0 Å². The van der Waals surface area contributed by atoms with Gasteiger partial charge >= 0.3 is 0 Å². The van der Waals surface area contributed by atoms with Crippen molar-refractivity contribution in [2.45, 2.75) is 33.3 Å². The first-order valence-corrected chi connectivity index (χ1v) is 8.09. The Balaban J connectivity index is 2.34. The van der Waals surface area contributed by atoms with Gasteiger partial charge in [0.2, 0.25) is 0 Å². The fourth-order valence-corrected chi connectivity index (χ4v) is 5.41. The van der Waals surface area contributed by atoms with Gasteiger partial charge in [0.25, 0.3) is 0 Å². The second kappa shape index (κ2) is 5.30. The molecule has 2 rings (SSSR count). The number of fused-ring (bicyclic) bond motifs is 2. The maximum atomic E-state index is 6.61. The zero-order valence-corrected chi connectivity index (χ0v) is 14.4. The normalized spacial score (nSPS) is 40.4. The average molecular weight is 381 g/mol. The maximum absolute atomic E-state index is 6.61. The van der Waals surface area contributed by atoms with Crippen LogP contribution in [0.25, 0.3) is 0 Å². The van der Waals surface area contributed by atoms with Gasteiger partial charge in [-0.05, 0) is 19.3 Å². The Morgan fingerprint density at radius 2 is 1.74 bits per heavy atom. The van der Waals surface area contributed by atoms with E-state index >= 15 is 0 Å². The Hall–Kier alpha value is 0.960. The van der Waals surface area contributed by atoms with Crippen LogP contribution in [0.2, 0.25) is 0 Å². The number of alkyl halides is 4. The molecule has 19 heavy (non-hydrogen) atoms. The van der Waals surface area contributed by atoms with Crippen LogP contribution < -0.4 is 0 Å². The quantitative estimate of drug-likeness (QED) is 0.302. The number of hydrogen-bond acceptors (Lipinski definition) is 0. The van der Waals surface area contributed by atoms with Crippen LogP contribution in [0.3, 0.4) is 0 Å². The predicted octanol–water partition coefficient (Wildman–Crippen LogP) is 6.36. The van der Waals surface area contributed by atoms with E-state index in [1.807, 2.05) is 18.2 Å². The van der Waals surface area contributed by atoms with E-state index in [1.54, 1.807) is 0 Å². The molecule has 0 amide bonds. The Morgan fingerprint density at radius 3 is 2.21 bits per heavy atom. The van der Waals surface area contributed by atoms with Crippen molar-refractivity contribution in [3.8, 4) is 0 Å². The molecule has 2 aliphatic rings. The topological polar surface area (TPSA) is 0 Å². The number of hydrogen-bond donors (Lipinski definition) is 0. The molecule has 2 aliphatic carbocycles. The summed E-state index contributed by atoms with van der Waals surface area (Å²) < 4.78 is -1.43. The molecule has 0 heterocycles. The predicted molar refractivity (Wildman–Crippen MR) is 87.0 cm³/mol. The molecule has 0 spiro atoms. The molecule has 6 heteroatoms. The summed E-state index contributed by atoms with van der Waals surface area (Å²) in [4.78, 5) is -2.29. The summed E-state index contributed by atoms with van der Waals surface area (Å²) in [7, 11) is 0. The molecular formula is C13H12Cl6. The zero-order valence-electron chi connectivity index (χ0n) is 9.91. The molecule has 0 radical (unpaired) electrons. The highest BCUT2D eigenvalue weighted by molar-refractivity contribution is 6.65. The van der Waals surface area contributed by atoms with Crippen molar-refractivity contribution in [2.75, 3.05) is 0 Å². The van der Waals surface area contributed by atoms with Gasteiger partial charge in [-0.25, -0.2) is 0 Å². The van der Waals surface area contributed by atoms with Crippen LogP contribution in [0.1, 0.15) is 19.3 Å². The number of halogens is 6. The molecule has 0 aromatic rings. The van der Waals surface area contributed by atoms with Crippen molar-refractivity contribution in [3.05, 3.63) is 34.9 Å². The SMILES string of the molecule is C=CCC/C=C/[C@@H]1C[C@]2(Cl)C(Cl)=C(Cl)[C@@]1(Cl)C2(Cl)Cl. The van der Waals surface area contributed by atoms with Crippen LogP contribution >= 0.6 is 69.6 Å². The van der Waals surface area contributed by atoms with Crippen LogP contribution in [0.4, 0.5) is 0 Å². The number of rotatable bonds is 4. The van der Waals surface area contributed by atoms with Gasteiger partial charge in [0.1, 0.15) is 9.75 Å². The lowest BCUT2D eigenvalue weighted by Crippen LogP contribution is -2.43. The van der Waals surface area contributed by atoms with E-state index in [1.165, 1.54) is 0 Å². The van der Waals surface area contributed by atoms with Gasteiger partial charge in [-0.2, -0.15) is 0 Å². The molecule has 0 aromatic heterocycles. The van der Waals surface area contributed by atoms with Crippen LogP contribution in [0.15, 0.2) is 34.9 Å². The van der Waals surface area contributed by atoms with E-state index in [2.05, 4.69) is 6.58 Å².